The number of aliphatic imine (C=N–C) groups is 1. The number of amides is 1. The van der Waals surface area contributed by atoms with Gasteiger partial charge in [0.1, 0.15) is 5.82 Å². The van der Waals surface area contributed by atoms with Crippen LogP contribution in [0.25, 0.3) is 22.6 Å². The number of ether oxygens (including phenoxy) is 2. The van der Waals surface area contributed by atoms with Gasteiger partial charge in [-0.2, -0.15) is 0 Å². The summed E-state index contributed by atoms with van der Waals surface area (Å²) in [4.78, 5) is 36.7. The molecule has 1 fully saturated rings. The van der Waals surface area contributed by atoms with E-state index in [9.17, 15) is 9.18 Å². The molecule has 0 aliphatic carbocycles. The summed E-state index contributed by atoms with van der Waals surface area (Å²) in [6.45, 7) is 5.94. The number of imidazole rings is 1. The normalized spacial score (nSPS) is 19.7. The minimum atomic E-state index is -0.866. The molecule has 2 aliphatic heterocycles. The van der Waals surface area contributed by atoms with E-state index in [0.717, 1.165) is 31.6 Å². The van der Waals surface area contributed by atoms with Crippen LogP contribution in [0.4, 0.5) is 10.3 Å². The van der Waals surface area contributed by atoms with Crippen molar-refractivity contribution in [3.05, 3.63) is 84.1 Å². The highest BCUT2D eigenvalue weighted by molar-refractivity contribution is 5.82. The zero-order valence-electron chi connectivity index (χ0n) is 24.5. The second-order valence-electron chi connectivity index (χ2n) is 11.1. The molecule has 0 atom stereocenters. The molecule has 1 saturated heterocycles. The first kappa shape index (κ1) is 29.4. The maximum absolute atomic E-state index is 13.8. The van der Waals surface area contributed by atoms with Gasteiger partial charge in [0.2, 0.25) is 18.1 Å². The molecule has 2 aromatic carbocycles. The van der Waals surface area contributed by atoms with Crippen molar-refractivity contribution < 1.29 is 18.7 Å². The number of aromatic amines is 1. The number of nitrogens with zero attached hydrogens (tertiary/aromatic N) is 5. The number of carbonyl (C=O) groups is 1. The molecule has 2 aliphatic rings. The third kappa shape index (κ3) is 6.92. The van der Waals surface area contributed by atoms with Crippen LogP contribution < -0.4 is 10.6 Å². The molecule has 0 radical (unpaired) electrons. The Kier molecular flexibility index (Phi) is 8.89. The summed E-state index contributed by atoms with van der Waals surface area (Å²) >= 11 is 0. The van der Waals surface area contributed by atoms with E-state index in [2.05, 4.69) is 30.5 Å². The first-order chi connectivity index (χ1) is 21.5. The molecule has 3 N–H and O–H groups in total. The first-order valence-corrected chi connectivity index (χ1v) is 14.7. The van der Waals surface area contributed by atoms with E-state index >= 15 is 0 Å². The van der Waals surface area contributed by atoms with E-state index in [1.165, 1.54) is 12.1 Å². The van der Waals surface area contributed by atoms with Gasteiger partial charge in [-0.3, -0.25) is 9.79 Å². The molecule has 44 heavy (non-hydrogen) atoms. The number of nitrogens with one attached hydrogen (secondary N) is 3. The van der Waals surface area contributed by atoms with Crippen LogP contribution in [0.5, 0.6) is 0 Å². The molecule has 0 saturated carbocycles. The SMILES string of the molecule is CC1(C(=O)NCc2ccccc2)COC(c2nc(-c3ccc(F)cc3)c(-c3ccnc(NCCCN4C=NCC4)n3)[nH]2)OC1. The Morgan fingerprint density at radius 2 is 1.89 bits per heavy atom. The molecule has 0 bridgehead atoms. The van der Waals surface area contributed by atoms with Gasteiger partial charge in [0, 0.05) is 37.9 Å². The predicted octanol–water partition coefficient (Wildman–Crippen LogP) is 4.19. The van der Waals surface area contributed by atoms with Crippen LogP contribution in [-0.4, -0.2) is 76.5 Å². The number of carbonyl (C=O) groups excluding carboxylic acids is 1. The number of hydrogen-bond donors (Lipinski definition) is 3. The smallest absolute Gasteiger partial charge is 0.230 e. The molecule has 0 unspecified atom stereocenters. The Morgan fingerprint density at radius 3 is 2.64 bits per heavy atom. The molecule has 11 nitrogen and oxygen atoms in total. The molecule has 4 heterocycles. The van der Waals surface area contributed by atoms with E-state index in [4.69, 9.17) is 19.4 Å². The molecular weight excluding hydrogens is 563 g/mol. The van der Waals surface area contributed by atoms with E-state index in [-0.39, 0.29) is 24.9 Å². The highest BCUT2D eigenvalue weighted by Crippen LogP contribution is 2.35. The van der Waals surface area contributed by atoms with Crippen LogP contribution in [0, 0.1) is 11.2 Å². The van der Waals surface area contributed by atoms with Crippen molar-refractivity contribution in [2.75, 3.05) is 44.7 Å². The third-order valence-electron chi connectivity index (χ3n) is 7.59. The fourth-order valence-corrected chi connectivity index (χ4v) is 5.05. The maximum atomic E-state index is 13.8. The molecule has 0 spiro atoms. The number of hydrogen-bond acceptors (Lipinski definition) is 9. The lowest BCUT2D eigenvalue weighted by Gasteiger charge is -2.35. The largest absolute Gasteiger partial charge is 0.361 e. The van der Waals surface area contributed by atoms with Crippen molar-refractivity contribution in [3.8, 4) is 22.6 Å². The van der Waals surface area contributed by atoms with Crippen LogP contribution in [0.1, 0.15) is 31.0 Å². The van der Waals surface area contributed by atoms with Gasteiger partial charge in [-0.1, -0.05) is 30.3 Å². The molecular formula is C32H35FN8O3. The van der Waals surface area contributed by atoms with Gasteiger partial charge in [0.05, 0.1) is 48.6 Å². The third-order valence-corrected chi connectivity index (χ3v) is 7.59. The minimum Gasteiger partial charge on any atom is -0.361 e. The molecule has 2 aromatic heterocycles. The van der Waals surface area contributed by atoms with Crippen LogP contribution >= 0.6 is 0 Å². The monoisotopic (exact) mass is 598 g/mol. The molecule has 4 aromatic rings. The lowest BCUT2D eigenvalue weighted by Crippen LogP contribution is -2.48. The lowest BCUT2D eigenvalue weighted by molar-refractivity contribution is -0.231. The van der Waals surface area contributed by atoms with Crippen LogP contribution in [0.15, 0.2) is 71.9 Å². The van der Waals surface area contributed by atoms with Crippen molar-refractivity contribution in [3.63, 3.8) is 0 Å². The summed E-state index contributed by atoms with van der Waals surface area (Å²) in [5.74, 6) is 0.415. The van der Waals surface area contributed by atoms with Gasteiger partial charge >= 0.3 is 0 Å². The van der Waals surface area contributed by atoms with Crippen LogP contribution in [-0.2, 0) is 20.8 Å². The fraction of sp³-hybridized carbons (Fsp3) is 0.344. The summed E-state index contributed by atoms with van der Waals surface area (Å²) in [6, 6.07) is 17.6. The Labute approximate surface area is 255 Å². The zero-order valence-corrected chi connectivity index (χ0v) is 24.5. The Morgan fingerprint density at radius 1 is 1.09 bits per heavy atom. The van der Waals surface area contributed by atoms with E-state index in [0.29, 0.717) is 47.5 Å². The standard InChI is InChI=1S/C32H35FN8O3/c1-32(30(42)37-18-22-6-3-2-4-7-22)19-43-29(44-20-32)28-39-26(23-8-10-24(33)11-9-23)27(40-28)25-12-14-36-31(38-25)35-13-5-16-41-17-15-34-21-41/h2-4,6-12,14,21,29H,5,13,15-20H2,1H3,(H,37,42)(H,39,40)(H,35,36,38). The molecule has 6 rings (SSSR count). The van der Waals surface area contributed by atoms with E-state index < -0.39 is 11.7 Å². The van der Waals surface area contributed by atoms with Gasteiger partial charge in [0.15, 0.2) is 5.82 Å². The summed E-state index contributed by atoms with van der Waals surface area (Å²) in [5.41, 5.74) is 2.63. The van der Waals surface area contributed by atoms with Crippen molar-refractivity contribution in [2.45, 2.75) is 26.2 Å². The maximum Gasteiger partial charge on any atom is 0.230 e. The first-order valence-electron chi connectivity index (χ1n) is 14.7. The van der Waals surface area contributed by atoms with E-state index in [1.54, 1.807) is 24.4 Å². The van der Waals surface area contributed by atoms with Crippen molar-refractivity contribution in [1.82, 2.24) is 30.2 Å². The number of anilines is 1. The number of halogens is 1. The van der Waals surface area contributed by atoms with E-state index in [1.807, 2.05) is 43.6 Å². The highest BCUT2D eigenvalue weighted by Gasteiger charge is 2.40. The summed E-state index contributed by atoms with van der Waals surface area (Å²) in [5, 5.41) is 6.27. The highest BCUT2D eigenvalue weighted by atomic mass is 19.1. The van der Waals surface area contributed by atoms with Gasteiger partial charge in [-0.25, -0.2) is 19.3 Å². The summed E-state index contributed by atoms with van der Waals surface area (Å²) in [6.07, 6.45) is 3.66. The van der Waals surface area contributed by atoms with Crippen molar-refractivity contribution in [2.24, 2.45) is 10.4 Å². The average molecular weight is 599 g/mol. The number of H-pyrrole nitrogens is 1. The quantitative estimate of drug-likeness (QED) is 0.219. The van der Waals surface area contributed by atoms with Gasteiger partial charge in [-0.15, -0.1) is 0 Å². The molecule has 12 heteroatoms. The Bertz CT molecular complexity index is 1590. The Hall–Kier alpha value is -4.68. The zero-order chi connectivity index (χ0) is 30.4. The average Bonchev–Trinajstić information content (AvgIpc) is 3.74. The second-order valence-corrected chi connectivity index (χ2v) is 11.1. The minimum absolute atomic E-state index is 0.144. The molecule has 228 valence electrons. The van der Waals surface area contributed by atoms with Crippen molar-refractivity contribution in [1.29, 1.82) is 0 Å². The predicted molar refractivity (Wildman–Crippen MR) is 164 cm³/mol. The number of benzene rings is 2. The van der Waals surface area contributed by atoms with Crippen LogP contribution in [0.2, 0.25) is 0 Å². The number of aromatic nitrogens is 4. The topological polar surface area (TPSA) is 130 Å². The van der Waals surface area contributed by atoms with Gasteiger partial charge < -0.3 is 30.0 Å². The van der Waals surface area contributed by atoms with Crippen LogP contribution in [0.3, 0.4) is 0 Å². The fourth-order valence-electron chi connectivity index (χ4n) is 5.05. The molecule has 1 amide bonds. The second kappa shape index (κ2) is 13.3. The van der Waals surface area contributed by atoms with Gasteiger partial charge in [-0.05, 0) is 49.2 Å². The Balaban J connectivity index is 1.16. The summed E-state index contributed by atoms with van der Waals surface area (Å²) < 4.78 is 25.9. The number of rotatable bonds is 11. The lowest BCUT2D eigenvalue weighted by atomic mass is 9.91. The van der Waals surface area contributed by atoms with Gasteiger partial charge in [0.25, 0.3) is 0 Å². The van der Waals surface area contributed by atoms with Crippen molar-refractivity contribution >= 4 is 18.2 Å². The summed E-state index contributed by atoms with van der Waals surface area (Å²) in [7, 11) is 0.